The highest BCUT2D eigenvalue weighted by Gasteiger charge is 2.21. The number of hydrogen-bond donors (Lipinski definition) is 1. The second-order valence-electron chi connectivity index (χ2n) is 7.17. The zero-order valence-electron chi connectivity index (χ0n) is 14.7. The maximum Gasteiger partial charge on any atom is 0.248 e. The van der Waals surface area contributed by atoms with E-state index in [-0.39, 0.29) is 0 Å². The molecule has 2 aromatic heterocycles. The summed E-state index contributed by atoms with van der Waals surface area (Å²) in [4.78, 5) is 7.34. The van der Waals surface area contributed by atoms with E-state index in [0.29, 0.717) is 11.8 Å². The van der Waals surface area contributed by atoms with Gasteiger partial charge in [0.05, 0.1) is 17.4 Å². The van der Waals surface area contributed by atoms with E-state index in [2.05, 4.69) is 45.3 Å². The van der Waals surface area contributed by atoms with E-state index in [4.69, 9.17) is 4.42 Å². The van der Waals surface area contributed by atoms with Crippen molar-refractivity contribution in [2.75, 3.05) is 0 Å². The van der Waals surface area contributed by atoms with Gasteiger partial charge in [-0.15, -0.1) is 10.2 Å². The summed E-state index contributed by atoms with van der Waals surface area (Å²) in [6.07, 6.45) is 6.97. The average Bonchev–Trinajstić information content (AvgIpc) is 3.16. The first kappa shape index (κ1) is 15.3. The van der Waals surface area contributed by atoms with Crippen molar-refractivity contribution >= 4 is 11.0 Å². The zero-order valence-corrected chi connectivity index (χ0v) is 14.7. The van der Waals surface area contributed by atoms with Gasteiger partial charge in [-0.3, -0.25) is 0 Å². The van der Waals surface area contributed by atoms with Gasteiger partial charge in [0.1, 0.15) is 0 Å². The third-order valence-electron chi connectivity index (χ3n) is 5.20. The quantitative estimate of drug-likeness (QED) is 0.557. The highest BCUT2D eigenvalue weighted by molar-refractivity contribution is 5.79. The second kappa shape index (κ2) is 6.09. The Kier molecular flexibility index (Phi) is 3.59. The Balaban J connectivity index is 1.41. The Morgan fingerprint density at radius 1 is 1.04 bits per heavy atom. The lowest BCUT2D eigenvalue weighted by atomic mass is 10.00. The van der Waals surface area contributed by atoms with Gasteiger partial charge in [0.15, 0.2) is 0 Å². The third-order valence-corrected chi connectivity index (χ3v) is 5.20. The molecule has 5 rings (SSSR count). The molecule has 2 heterocycles. The summed E-state index contributed by atoms with van der Waals surface area (Å²) in [5.74, 6) is 2.04. The molecular weight excluding hydrogens is 324 g/mol. The first-order valence-electron chi connectivity index (χ1n) is 9.13. The summed E-state index contributed by atoms with van der Waals surface area (Å²) in [5.41, 5.74) is 6.45. The van der Waals surface area contributed by atoms with Crippen LogP contribution in [0.4, 0.5) is 0 Å². The number of rotatable bonds is 5. The van der Waals surface area contributed by atoms with Crippen LogP contribution in [0.1, 0.15) is 30.4 Å². The standard InChI is InChI=1S/C21H20N4O/c1-13-10-16(7-6-15(13)5-4-14-2-3-14)20-24-25-21(26-20)17-8-9-18-19(11-17)23-12-22-18/h6-12,14H,2-5H2,1H3,(H,22,23). The van der Waals surface area contributed by atoms with E-state index in [1.54, 1.807) is 6.33 Å². The highest BCUT2D eigenvalue weighted by Crippen LogP contribution is 2.34. The molecule has 0 spiro atoms. The number of hydrogen-bond acceptors (Lipinski definition) is 4. The summed E-state index contributed by atoms with van der Waals surface area (Å²) in [7, 11) is 0. The predicted molar refractivity (Wildman–Crippen MR) is 101 cm³/mol. The number of fused-ring (bicyclic) bond motifs is 1. The van der Waals surface area contributed by atoms with Crippen LogP contribution in [0.15, 0.2) is 47.1 Å². The van der Waals surface area contributed by atoms with Gasteiger partial charge < -0.3 is 9.40 Å². The van der Waals surface area contributed by atoms with Crippen molar-refractivity contribution in [3.63, 3.8) is 0 Å². The van der Waals surface area contributed by atoms with Crippen LogP contribution in [-0.2, 0) is 6.42 Å². The van der Waals surface area contributed by atoms with Gasteiger partial charge in [0, 0.05) is 11.1 Å². The first-order chi connectivity index (χ1) is 12.8. The van der Waals surface area contributed by atoms with Crippen LogP contribution in [0.5, 0.6) is 0 Å². The summed E-state index contributed by atoms with van der Waals surface area (Å²) in [6.45, 7) is 2.16. The molecule has 1 aliphatic carbocycles. The number of H-pyrrole nitrogens is 1. The van der Waals surface area contributed by atoms with E-state index in [9.17, 15) is 0 Å². The third kappa shape index (κ3) is 2.90. The van der Waals surface area contributed by atoms with Crippen LogP contribution < -0.4 is 0 Å². The Hall–Kier alpha value is -2.95. The highest BCUT2D eigenvalue weighted by atomic mass is 16.4. The molecule has 0 radical (unpaired) electrons. The Bertz CT molecular complexity index is 1070. The molecule has 0 bridgehead atoms. The van der Waals surface area contributed by atoms with Crippen LogP contribution in [0.2, 0.25) is 0 Å². The van der Waals surface area contributed by atoms with Crippen molar-refractivity contribution in [1.82, 2.24) is 20.2 Å². The number of nitrogens with one attached hydrogen (secondary N) is 1. The predicted octanol–water partition coefficient (Wildman–Crippen LogP) is 4.93. The Morgan fingerprint density at radius 2 is 1.81 bits per heavy atom. The minimum absolute atomic E-state index is 0.520. The lowest BCUT2D eigenvalue weighted by molar-refractivity contribution is 0.584. The summed E-state index contributed by atoms with van der Waals surface area (Å²) in [6, 6.07) is 12.3. The van der Waals surface area contributed by atoms with Crippen LogP contribution in [0.25, 0.3) is 33.9 Å². The minimum atomic E-state index is 0.520. The van der Waals surface area contributed by atoms with E-state index in [0.717, 1.165) is 34.5 Å². The second-order valence-corrected chi connectivity index (χ2v) is 7.17. The van der Waals surface area contributed by atoms with Crippen molar-refractivity contribution in [3.8, 4) is 22.9 Å². The van der Waals surface area contributed by atoms with Crippen LogP contribution >= 0.6 is 0 Å². The molecule has 0 aliphatic heterocycles. The van der Waals surface area contributed by atoms with Crippen molar-refractivity contribution in [3.05, 3.63) is 53.9 Å². The van der Waals surface area contributed by atoms with Gasteiger partial charge in [0.2, 0.25) is 11.8 Å². The SMILES string of the molecule is Cc1cc(-c2nnc(-c3ccc4nc[nH]c4c3)o2)ccc1CCC1CC1. The number of imidazole rings is 1. The largest absolute Gasteiger partial charge is 0.416 e. The molecule has 0 unspecified atom stereocenters. The van der Waals surface area contributed by atoms with Crippen LogP contribution in [0, 0.1) is 12.8 Å². The molecule has 130 valence electrons. The molecular formula is C21H20N4O. The number of aromatic nitrogens is 4. The maximum atomic E-state index is 5.93. The summed E-state index contributed by atoms with van der Waals surface area (Å²) < 4.78 is 5.93. The molecule has 1 N–H and O–H groups in total. The molecule has 1 fully saturated rings. The average molecular weight is 344 g/mol. The molecule has 0 amide bonds. The van der Waals surface area contributed by atoms with Gasteiger partial charge in [-0.05, 0) is 67.1 Å². The monoisotopic (exact) mass is 344 g/mol. The summed E-state index contributed by atoms with van der Waals surface area (Å²) in [5, 5.41) is 8.47. The van der Waals surface area contributed by atoms with Crippen molar-refractivity contribution in [2.24, 2.45) is 5.92 Å². The van der Waals surface area contributed by atoms with Gasteiger partial charge in [0.25, 0.3) is 0 Å². The van der Waals surface area contributed by atoms with Crippen molar-refractivity contribution in [2.45, 2.75) is 32.6 Å². The molecule has 5 heteroatoms. The van der Waals surface area contributed by atoms with Crippen molar-refractivity contribution < 1.29 is 4.42 Å². The first-order valence-corrected chi connectivity index (χ1v) is 9.13. The number of aryl methyl sites for hydroxylation is 2. The van der Waals surface area contributed by atoms with Gasteiger partial charge in [-0.1, -0.05) is 18.9 Å². The molecule has 5 nitrogen and oxygen atoms in total. The number of benzene rings is 2. The fourth-order valence-electron chi connectivity index (χ4n) is 3.40. The van der Waals surface area contributed by atoms with E-state index >= 15 is 0 Å². The topological polar surface area (TPSA) is 67.6 Å². The van der Waals surface area contributed by atoms with Crippen LogP contribution in [-0.4, -0.2) is 20.2 Å². The molecule has 1 aliphatic rings. The van der Waals surface area contributed by atoms with E-state index in [1.807, 2.05) is 18.2 Å². The lowest BCUT2D eigenvalue weighted by Gasteiger charge is -2.06. The molecule has 0 saturated heterocycles. The maximum absolute atomic E-state index is 5.93. The lowest BCUT2D eigenvalue weighted by Crippen LogP contribution is -1.92. The minimum Gasteiger partial charge on any atom is -0.416 e. The molecule has 4 aromatic rings. The van der Waals surface area contributed by atoms with E-state index < -0.39 is 0 Å². The van der Waals surface area contributed by atoms with Gasteiger partial charge in [-0.25, -0.2) is 4.98 Å². The zero-order chi connectivity index (χ0) is 17.5. The molecule has 26 heavy (non-hydrogen) atoms. The van der Waals surface area contributed by atoms with Gasteiger partial charge in [-0.2, -0.15) is 0 Å². The van der Waals surface area contributed by atoms with Crippen molar-refractivity contribution in [1.29, 1.82) is 0 Å². The summed E-state index contributed by atoms with van der Waals surface area (Å²) >= 11 is 0. The normalized spacial score (nSPS) is 14.2. The van der Waals surface area contributed by atoms with Crippen LogP contribution in [0.3, 0.4) is 0 Å². The Morgan fingerprint density at radius 3 is 2.58 bits per heavy atom. The fraction of sp³-hybridized carbons (Fsp3) is 0.286. The number of nitrogens with zero attached hydrogens (tertiary/aromatic N) is 3. The fourth-order valence-corrected chi connectivity index (χ4v) is 3.40. The molecule has 0 atom stereocenters. The van der Waals surface area contributed by atoms with E-state index in [1.165, 1.54) is 30.4 Å². The molecule has 1 saturated carbocycles. The molecule has 2 aromatic carbocycles. The smallest absolute Gasteiger partial charge is 0.248 e. The number of aromatic amines is 1. The van der Waals surface area contributed by atoms with Gasteiger partial charge >= 0.3 is 0 Å². The Labute approximate surface area is 151 Å².